The number of rotatable bonds is 4. The van der Waals surface area contributed by atoms with Gasteiger partial charge in [0.2, 0.25) is 0 Å². The number of ether oxygens (including phenoxy) is 1. The molecule has 5 heteroatoms. The summed E-state index contributed by atoms with van der Waals surface area (Å²) in [5, 5.41) is 0. The van der Waals surface area contributed by atoms with Crippen LogP contribution >= 0.6 is 0 Å². The van der Waals surface area contributed by atoms with Gasteiger partial charge in [-0.1, -0.05) is 0 Å². The number of aryl methyl sites for hydroxylation is 2. The van der Waals surface area contributed by atoms with Crippen LogP contribution in [0.2, 0.25) is 0 Å². The monoisotopic (exact) mass is 292 g/mol. The summed E-state index contributed by atoms with van der Waals surface area (Å²) in [7, 11) is 0. The topological polar surface area (TPSA) is 73.6 Å². The molecular formula is C16H20O5. The van der Waals surface area contributed by atoms with Crippen molar-refractivity contribution in [3.05, 3.63) is 23.2 Å². The first-order valence-corrected chi connectivity index (χ1v) is 7.24. The van der Waals surface area contributed by atoms with E-state index < -0.39 is 5.92 Å². The molecule has 1 aromatic rings. The van der Waals surface area contributed by atoms with Crippen LogP contribution in [-0.4, -0.2) is 24.1 Å². The lowest BCUT2D eigenvalue weighted by molar-refractivity contribution is -0.150. The second-order valence-electron chi connectivity index (χ2n) is 5.43. The maximum atomic E-state index is 12.5. The summed E-state index contributed by atoms with van der Waals surface area (Å²) in [6, 6.07) is 1.65. The third-order valence-corrected chi connectivity index (χ3v) is 3.89. The van der Waals surface area contributed by atoms with Crippen molar-refractivity contribution in [2.45, 2.75) is 40.0 Å². The summed E-state index contributed by atoms with van der Waals surface area (Å²) in [5.41, 5.74) is 0.440. The molecule has 5 nitrogen and oxygen atoms in total. The average Bonchev–Trinajstić information content (AvgIpc) is 2.77. The molecule has 114 valence electrons. The van der Waals surface area contributed by atoms with E-state index in [0.717, 1.165) is 0 Å². The van der Waals surface area contributed by atoms with Gasteiger partial charge in [0.05, 0.1) is 24.0 Å². The van der Waals surface area contributed by atoms with E-state index in [1.807, 2.05) is 0 Å². The summed E-state index contributed by atoms with van der Waals surface area (Å²) in [4.78, 5) is 36.4. The summed E-state index contributed by atoms with van der Waals surface area (Å²) in [5.74, 6) is -0.636. The fourth-order valence-electron chi connectivity index (χ4n) is 2.82. The Morgan fingerprint density at radius 3 is 2.67 bits per heavy atom. The summed E-state index contributed by atoms with van der Waals surface area (Å²) in [6.45, 7) is 5.51. The van der Waals surface area contributed by atoms with Gasteiger partial charge < -0.3 is 9.15 Å². The van der Waals surface area contributed by atoms with Crippen molar-refractivity contribution in [1.29, 1.82) is 0 Å². The zero-order valence-corrected chi connectivity index (χ0v) is 12.6. The number of carbonyl (C=O) groups excluding carboxylic acids is 3. The van der Waals surface area contributed by atoms with Crippen LogP contribution in [0.4, 0.5) is 0 Å². The molecule has 2 unspecified atom stereocenters. The number of ketones is 2. The summed E-state index contributed by atoms with van der Waals surface area (Å²) >= 11 is 0. The largest absolute Gasteiger partial charge is 0.466 e. The van der Waals surface area contributed by atoms with Gasteiger partial charge in [-0.2, -0.15) is 0 Å². The Morgan fingerprint density at radius 1 is 1.38 bits per heavy atom. The van der Waals surface area contributed by atoms with Gasteiger partial charge in [-0.3, -0.25) is 14.4 Å². The van der Waals surface area contributed by atoms with Crippen LogP contribution in [0.15, 0.2) is 10.5 Å². The Labute approximate surface area is 123 Å². The van der Waals surface area contributed by atoms with Crippen molar-refractivity contribution >= 4 is 17.5 Å². The highest BCUT2D eigenvalue weighted by molar-refractivity contribution is 6.11. The lowest BCUT2D eigenvalue weighted by atomic mass is 9.77. The van der Waals surface area contributed by atoms with E-state index in [-0.39, 0.29) is 36.3 Å². The highest BCUT2D eigenvalue weighted by Crippen LogP contribution is 2.31. The van der Waals surface area contributed by atoms with Crippen molar-refractivity contribution in [3.8, 4) is 0 Å². The second-order valence-corrected chi connectivity index (χ2v) is 5.43. The van der Waals surface area contributed by atoms with Crippen molar-refractivity contribution in [1.82, 2.24) is 0 Å². The van der Waals surface area contributed by atoms with Gasteiger partial charge in [0.25, 0.3) is 0 Å². The summed E-state index contributed by atoms with van der Waals surface area (Å²) < 4.78 is 10.3. The van der Waals surface area contributed by atoms with Gasteiger partial charge >= 0.3 is 5.97 Å². The first kappa shape index (κ1) is 15.5. The molecule has 2 rings (SSSR count). The van der Waals surface area contributed by atoms with E-state index in [0.29, 0.717) is 30.1 Å². The number of carbonyl (C=O) groups is 3. The van der Waals surface area contributed by atoms with Crippen LogP contribution in [0, 0.1) is 25.7 Å². The Balaban J connectivity index is 2.17. The van der Waals surface area contributed by atoms with E-state index in [1.165, 1.54) is 0 Å². The van der Waals surface area contributed by atoms with E-state index in [2.05, 4.69) is 0 Å². The van der Waals surface area contributed by atoms with Gasteiger partial charge in [0.1, 0.15) is 17.3 Å². The van der Waals surface area contributed by atoms with E-state index in [9.17, 15) is 14.4 Å². The Bertz CT molecular complexity index is 569. The third kappa shape index (κ3) is 3.23. The lowest BCUT2D eigenvalue weighted by Gasteiger charge is -2.25. The fraction of sp³-hybridized carbons (Fsp3) is 0.562. The normalized spacial score (nSPS) is 22.1. The van der Waals surface area contributed by atoms with Crippen LogP contribution in [0.5, 0.6) is 0 Å². The minimum Gasteiger partial charge on any atom is -0.466 e. The molecular weight excluding hydrogens is 272 g/mol. The van der Waals surface area contributed by atoms with Crippen molar-refractivity contribution < 1.29 is 23.5 Å². The van der Waals surface area contributed by atoms with Gasteiger partial charge in [0, 0.05) is 6.42 Å². The predicted octanol–water partition coefficient (Wildman–Crippen LogP) is 2.63. The molecule has 0 bridgehead atoms. The molecule has 0 spiro atoms. The van der Waals surface area contributed by atoms with Gasteiger partial charge in [-0.25, -0.2) is 0 Å². The van der Waals surface area contributed by atoms with Crippen LogP contribution in [0.1, 0.15) is 48.1 Å². The zero-order valence-electron chi connectivity index (χ0n) is 12.6. The molecule has 0 saturated heterocycles. The van der Waals surface area contributed by atoms with Crippen LogP contribution in [0.25, 0.3) is 0 Å². The van der Waals surface area contributed by atoms with Crippen molar-refractivity contribution in [3.63, 3.8) is 0 Å². The highest BCUT2D eigenvalue weighted by Gasteiger charge is 2.38. The highest BCUT2D eigenvalue weighted by atomic mass is 16.5. The molecule has 1 aliphatic carbocycles. The maximum Gasteiger partial charge on any atom is 0.308 e. The SMILES string of the molecule is CCOC(=O)C1CCC(=O)C(C(=O)c2cc(C)oc2C)C1. The third-order valence-electron chi connectivity index (χ3n) is 3.89. The Hall–Kier alpha value is -1.91. The van der Waals surface area contributed by atoms with Crippen molar-refractivity contribution in [2.75, 3.05) is 6.61 Å². The van der Waals surface area contributed by atoms with Crippen LogP contribution in [0.3, 0.4) is 0 Å². The lowest BCUT2D eigenvalue weighted by Crippen LogP contribution is -2.35. The molecule has 0 N–H and O–H groups in total. The van der Waals surface area contributed by atoms with Gasteiger partial charge in [-0.05, 0) is 39.7 Å². The molecule has 1 fully saturated rings. The molecule has 1 saturated carbocycles. The minimum absolute atomic E-state index is 0.0983. The standard InChI is InChI=1S/C16H20O5/c1-4-20-16(19)11-5-6-14(17)13(8-11)15(18)12-7-9(2)21-10(12)3/h7,11,13H,4-6,8H2,1-3H3. The molecule has 0 aromatic carbocycles. The van der Waals surface area contributed by atoms with Gasteiger partial charge in [-0.15, -0.1) is 0 Å². The number of hydrogen-bond donors (Lipinski definition) is 0. The van der Waals surface area contributed by atoms with Crippen LogP contribution in [-0.2, 0) is 14.3 Å². The zero-order chi connectivity index (χ0) is 15.6. The maximum absolute atomic E-state index is 12.5. The first-order chi connectivity index (χ1) is 9.93. The molecule has 1 heterocycles. The Kier molecular flexibility index (Phi) is 4.60. The molecule has 1 aromatic heterocycles. The van der Waals surface area contributed by atoms with Crippen LogP contribution < -0.4 is 0 Å². The Morgan fingerprint density at radius 2 is 2.10 bits per heavy atom. The first-order valence-electron chi connectivity index (χ1n) is 7.24. The predicted molar refractivity (Wildman–Crippen MR) is 75.0 cm³/mol. The average molecular weight is 292 g/mol. The molecule has 0 aliphatic heterocycles. The van der Waals surface area contributed by atoms with E-state index >= 15 is 0 Å². The quantitative estimate of drug-likeness (QED) is 0.484. The molecule has 0 radical (unpaired) electrons. The van der Waals surface area contributed by atoms with E-state index in [4.69, 9.17) is 9.15 Å². The molecule has 1 aliphatic rings. The number of furan rings is 1. The van der Waals surface area contributed by atoms with E-state index in [1.54, 1.807) is 26.8 Å². The minimum atomic E-state index is -0.760. The van der Waals surface area contributed by atoms with Gasteiger partial charge in [0.15, 0.2) is 5.78 Å². The smallest absolute Gasteiger partial charge is 0.308 e. The fourth-order valence-corrected chi connectivity index (χ4v) is 2.82. The number of Topliss-reactive ketones (excluding diaryl/α,β-unsaturated/α-hetero) is 2. The second kappa shape index (κ2) is 6.24. The number of esters is 1. The number of hydrogen-bond acceptors (Lipinski definition) is 5. The molecule has 21 heavy (non-hydrogen) atoms. The molecule has 2 atom stereocenters. The van der Waals surface area contributed by atoms with Crippen molar-refractivity contribution in [2.24, 2.45) is 11.8 Å². The molecule has 0 amide bonds. The summed E-state index contributed by atoms with van der Waals surface area (Å²) in [6.07, 6.45) is 0.945.